The highest BCUT2D eigenvalue weighted by atomic mass is 32.1. The van der Waals surface area contributed by atoms with Gasteiger partial charge in [-0.1, -0.05) is 6.07 Å². The third kappa shape index (κ3) is 6.57. The summed E-state index contributed by atoms with van der Waals surface area (Å²) >= 11 is 0.632. The van der Waals surface area contributed by atoms with Gasteiger partial charge in [-0.25, -0.2) is 17.6 Å². The Morgan fingerprint density at radius 1 is 1.14 bits per heavy atom. The summed E-state index contributed by atoms with van der Waals surface area (Å²) in [5.41, 5.74) is 3.58. The summed E-state index contributed by atoms with van der Waals surface area (Å²) in [7, 11) is 0. The maximum absolute atomic E-state index is 14.6. The van der Waals surface area contributed by atoms with Crippen LogP contribution in [0, 0.1) is 30.2 Å². The molecule has 0 saturated heterocycles. The van der Waals surface area contributed by atoms with Gasteiger partial charge < -0.3 is 10.8 Å². The molecule has 1 atom stereocenters. The molecule has 0 bridgehead atoms. The van der Waals surface area contributed by atoms with Crippen LogP contribution in [0.5, 0.6) is 0 Å². The zero-order chi connectivity index (χ0) is 22.5. The lowest BCUT2D eigenvalue weighted by atomic mass is 9.93. The van der Waals surface area contributed by atoms with Crippen molar-refractivity contribution < 1.29 is 31.7 Å². The minimum Gasteiger partial charge on any atom is -0.481 e. The number of nitrogens with two attached hydrogens (primary N) is 1. The first kappa shape index (κ1) is 24.6. The standard InChI is InChI=1S/C16H13F4NO2.C4H9OS/c1-7-5-8(13-9(17)3-2-4-10(13)18)16(20)14(15(7)19)11(21)6-12(22)23;1-4(2,3)6-5/h2-5,11H,6,21H2,1H3,(H,22,23);1-3H3/q;+1/t11-;/m0./s1. The normalized spacial score (nSPS) is 12.0. The third-order valence-corrected chi connectivity index (χ3v) is 4.16. The zero-order valence-corrected chi connectivity index (χ0v) is 17.2. The topological polar surface area (TPSA) is 80.4 Å². The van der Waals surface area contributed by atoms with Gasteiger partial charge >= 0.3 is 17.6 Å². The van der Waals surface area contributed by atoms with Gasteiger partial charge in [-0.05, 0) is 51.5 Å². The SMILES string of the molecule is CC(C)(C)[S+]=O.Cc1cc(-c2c(F)cccc2F)c(F)c([C@@H](N)CC(=O)O)c1F. The lowest BCUT2D eigenvalue weighted by molar-refractivity contribution is -0.137. The smallest absolute Gasteiger partial charge is 0.464 e. The summed E-state index contributed by atoms with van der Waals surface area (Å²) in [6, 6.07) is 2.46. The molecule has 2 aromatic carbocycles. The second kappa shape index (κ2) is 9.89. The van der Waals surface area contributed by atoms with Gasteiger partial charge in [0.25, 0.3) is 0 Å². The Bertz CT molecular complexity index is 893. The van der Waals surface area contributed by atoms with E-state index in [1.54, 1.807) is 0 Å². The quantitative estimate of drug-likeness (QED) is 0.532. The molecule has 2 aromatic rings. The Morgan fingerprint density at radius 2 is 1.62 bits per heavy atom. The zero-order valence-electron chi connectivity index (χ0n) is 16.4. The van der Waals surface area contributed by atoms with Crippen molar-refractivity contribution >= 4 is 17.6 Å². The molecule has 0 amide bonds. The largest absolute Gasteiger partial charge is 0.481 e. The van der Waals surface area contributed by atoms with Crippen LogP contribution in [0.15, 0.2) is 24.3 Å². The van der Waals surface area contributed by atoms with E-state index in [-0.39, 0.29) is 10.3 Å². The van der Waals surface area contributed by atoms with E-state index in [2.05, 4.69) is 0 Å². The van der Waals surface area contributed by atoms with Gasteiger partial charge in [-0.2, -0.15) is 0 Å². The van der Waals surface area contributed by atoms with E-state index < -0.39 is 58.4 Å². The number of carboxylic acid groups (broad SMARTS) is 1. The Kier molecular flexibility index (Phi) is 8.40. The molecule has 0 saturated carbocycles. The first-order valence-electron chi connectivity index (χ1n) is 8.51. The van der Waals surface area contributed by atoms with Crippen LogP contribution in [0.4, 0.5) is 17.6 Å². The minimum absolute atomic E-state index is 0.0972. The average molecular weight is 432 g/mol. The molecule has 0 spiro atoms. The summed E-state index contributed by atoms with van der Waals surface area (Å²) in [6.07, 6.45) is -0.726. The fourth-order valence-electron chi connectivity index (χ4n) is 2.35. The Hall–Kier alpha value is -2.39. The molecule has 2 rings (SSSR count). The van der Waals surface area contributed by atoms with Gasteiger partial charge in [0.2, 0.25) is 4.75 Å². The van der Waals surface area contributed by atoms with Gasteiger partial charge in [0, 0.05) is 21.4 Å². The van der Waals surface area contributed by atoms with Crippen molar-refractivity contribution in [2.45, 2.75) is 44.9 Å². The number of rotatable bonds is 4. The Labute approximate surface area is 170 Å². The number of benzene rings is 2. The summed E-state index contributed by atoms with van der Waals surface area (Å²) in [4.78, 5) is 10.7. The van der Waals surface area contributed by atoms with Crippen molar-refractivity contribution in [1.82, 2.24) is 0 Å². The van der Waals surface area contributed by atoms with Crippen LogP contribution < -0.4 is 5.73 Å². The van der Waals surface area contributed by atoms with Crippen molar-refractivity contribution in [3.05, 3.63) is 58.7 Å². The van der Waals surface area contributed by atoms with E-state index >= 15 is 0 Å². The van der Waals surface area contributed by atoms with Gasteiger partial charge in [0.1, 0.15) is 23.3 Å². The minimum atomic E-state index is -1.49. The number of carboxylic acids is 1. The van der Waals surface area contributed by atoms with E-state index in [1.807, 2.05) is 20.8 Å². The molecule has 9 heteroatoms. The van der Waals surface area contributed by atoms with Crippen LogP contribution >= 0.6 is 0 Å². The second-order valence-corrected chi connectivity index (χ2v) is 8.67. The number of hydrogen-bond acceptors (Lipinski definition) is 3. The molecule has 0 aromatic heterocycles. The number of aryl methyl sites for hydroxylation is 1. The number of halogens is 4. The molecule has 0 radical (unpaired) electrons. The van der Waals surface area contributed by atoms with E-state index in [4.69, 9.17) is 10.8 Å². The first-order chi connectivity index (χ1) is 13.3. The van der Waals surface area contributed by atoms with Crippen molar-refractivity contribution in [2.75, 3.05) is 0 Å². The van der Waals surface area contributed by atoms with E-state index in [9.17, 15) is 26.6 Å². The van der Waals surface area contributed by atoms with Gasteiger partial charge in [0.05, 0.1) is 12.0 Å². The maximum Gasteiger partial charge on any atom is 0.464 e. The van der Waals surface area contributed by atoms with E-state index in [1.165, 1.54) is 6.92 Å². The molecular weight excluding hydrogens is 410 g/mol. The predicted molar refractivity (Wildman–Crippen MR) is 103 cm³/mol. The number of aliphatic carboxylic acids is 1. The first-order valence-corrected chi connectivity index (χ1v) is 9.25. The lowest BCUT2D eigenvalue weighted by Gasteiger charge is -2.17. The maximum atomic E-state index is 14.6. The molecular formula is C20H22F4NO3S+. The molecule has 4 nitrogen and oxygen atoms in total. The van der Waals surface area contributed by atoms with E-state index in [0.717, 1.165) is 24.3 Å². The van der Waals surface area contributed by atoms with Crippen molar-refractivity contribution in [3.63, 3.8) is 0 Å². The van der Waals surface area contributed by atoms with Gasteiger partial charge in [-0.15, -0.1) is 0 Å². The van der Waals surface area contributed by atoms with Crippen LogP contribution in [0.2, 0.25) is 0 Å². The predicted octanol–water partition coefficient (Wildman–Crippen LogP) is 4.91. The van der Waals surface area contributed by atoms with Gasteiger partial charge in [0.15, 0.2) is 0 Å². The Morgan fingerprint density at radius 3 is 2.03 bits per heavy atom. The summed E-state index contributed by atoms with van der Waals surface area (Å²) in [5, 5.41) is 8.73. The van der Waals surface area contributed by atoms with Crippen LogP contribution in [0.3, 0.4) is 0 Å². The fraction of sp³-hybridized carbons (Fsp3) is 0.350. The molecule has 0 aliphatic carbocycles. The average Bonchev–Trinajstić information content (AvgIpc) is 2.58. The van der Waals surface area contributed by atoms with Crippen LogP contribution in [0.25, 0.3) is 11.1 Å². The summed E-state index contributed by atoms with van der Waals surface area (Å²) in [5.74, 6) is -5.70. The molecule has 0 unspecified atom stereocenters. The van der Waals surface area contributed by atoms with Crippen LogP contribution in [-0.2, 0) is 20.7 Å². The van der Waals surface area contributed by atoms with Crippen molar-refractivity contribution in [1.29, 1.82) is 0 Å². The van der Waals surface area contributed by atoms with Gasteiger partial charge in [-0.3, -0.25) is 4.79 Å². The highest BCUT2D eigenvalue weighted by Gasteiger charge is 2.26. The highest BCUT2D eigenvalue weighted by molar-refractivity contribution is 7.67. The molecule has 0 heterocycles. The summed E-state index contributed by atoms with van der Waals surface area (Å²) < 4.78 is 66.3. The van der Waals surface area contributed by atoms with Crippen LogP contribution in [0.1, 0.15) is 44.4 Å². The number of carbonyl (C=O) groups is 1. The monoisotopic (exact) mass is 432 g/mol. The fourth-order valence-corrected chi connectivity index (χ4v) is 2.35. The van der Waals surface area contributed by atoms with Crippen LogP contribution in [-0.4, -0.2) is 15.8 Å². The molecule has 0 fully saturated rings. The third-order valence-electron chi connectivity index (χ3n) is 3.66. The number of hydrogen-bond donors (Lipinski definition) is 2. The molecule has 3 N–H and O–H groups in total. The summed E-state index contributed by atoms with van der Waals surface area (Å²) in [6.45, 7) is 6.95. The second-order valence-electron chi connectivity index (χ2n) is 7.28. The molecule has 0 aliphatic heterocycles. The Balaban J connectivity index is 0.000000612. The molecule has 158 valence electrons. The van der Waals surface area contributed by atoms with E-state index in [0.29, 0.717) is 11.7 Å². The molecule has 29 heavy (non-hydrogen) atoms. The highest BCUT2D eigenvalue weighted by Crippen LogP contribution is 2.35. The molecule has 0 aliphatic rings. The van der Waals surface area contributed by atoms with Crippen molar-refractivity contribution in [3.8, 4) is 11.1 Å². The van der Waals surface area contributed by atoms with Crippen molar-refractivity contribution in [2.24, 2.45) is 5.73 Å². The lowest BCUT2D eigenvalue weighted by Crippen LogP contribution is -2.19.